The Hall–Kier alpha value is -2.90. The van der Waals surface area contributed by atoms with E-state index in [1.807, 2.05) is 48.5 Å². The summed E-state index contributed by atoms with van der Waals surface area (Å²) in [6, 6.07) is 19.3. The Bertz CT molecular complexity index is 937. The van der Waals surface area contributed by atoms with Crippen LogP contribution in [0.4, 0.5) is 10.5 Å². The van der Waals surface area contributed by atoms with Crippen molar-refractivity contribution in [2.75, 3.05) is 25.0 Å². The van der Waals surface area contributed by atoms with Gasteiger partial charge in [0, 0.05) is 25.8 Å². The monoisotopic (exact) mass is 405 g/mol. The minimum absolute atomic E-state index is 0.116. The van der Waals surface area contributed by atoms with Crippen molar-refractivity contribution in [1.82, 2.24) is 20.0 Å². The minimum Gasteiger partial charge on any atom is -0.343 e. The molecule has 30 heavy (non-hydrogen) atoms. The fourth-order valence-corrected chi connectivity index (χ4v) is 4.95. The van der Waals surface area contributed by atoms with Crippen LogP contribution in [0.15, 0.2) is 60.7 Å². The van der Waals surface area contributed by atoms with Crippen LogP contribution in [0.3, 0.4) is 0 Å². The molecule has 1 N–H and O–H groups in total. The van der Waals surface area contributed by atoms with Crippen LogP contribution in [0.2, 0.25) is 0 Å². The number of nitrogens with zero attached hydrogens (tertiary/aromatic N) is 4. The molecule has 0 spiro atoms. The van der Waals surface area contributed by atoms with E-state index in [1.165, 1.54) is 4.90 Å². The maximum absolute atomic E-state index is 13.6. The van der Waals surface area contributed by atoms with E-state index in [4.69, 9.17) is 0 Å². The van der Waals surface area contributed by atoms with Crippen LogP contribution in [-0.4, -0.2) is 65.3 Å². The van der Waals surface area contributed by atoms with Gasteiger partial charge in [-0.05, 0) is 23.6 Å². The summed E-state index contributed by atoms with van der Waals surface area (Å²) in [6.45, 7) is 4.22. The summed E-state index contributed by atoms with van der Waals surface area (Å²) >= 11 is 0. The number of amides is 3. The van der Waals surface area contributed by atoms with Gasteiger partial charge >= 0.3 is 6.03 Å². The summed E-state index contributed by atoms with van der Waals surface area (Å²) < 4.78 is 0. The van der Waals surface area contributed by atoms with Gasteiger partial charge in [0.05, 0.1) is 6.54 Å². The normalized spacial score (nSPS) is 29.2. The predicted octanol–water partition coefficient (Wildman–Crippen LogP) is 2.12. The number of para-hydroxylation sites is 1. The topological polar surface area (TPSA) is 59.1 Å². The van der Waals surface area contributed by atoms with Crippen LogP contribution in [0, 0.1) is 5.92 Å². The third kappa shape index (κ3) is 3.05. The lowest BCUT2D eigenvalue weighted by atomic mass is 10.0. The molecule has 7 nitrogen and oxygen atoms in total. The third-order valence-corrected chi connectivity index (χ3v) is 6.36. The first-order chi connectivity index (χ1) is 14.5. The van der Waals surface area contributed by atoms with Crippen molar-refractivity contribution in [2.45, 2.75) is 32.0 Å². The lowest BCUT2D eigenvalue weighted by molar-refractivity contribution is -0.139. The Balaban J connectivity index is 1.46. The summed E-state index contributed by atoms with van der Waals surface area (Å²) in [5.74, 6) is 0.282. The molecule has 5 rings (SSSR count). The number of urea groups is 1. The van der Waals surface area contributed by atoms with Gasteiger partial charge in [-0.3, -0.25) is 19.9 Å². The molecule has 3 saturated heterocycles. The van der Waals surface area contributed by atoms with Crippen molar-refractivity contribution < 1.29 is 9.59 Å². The van der Waals surface area contributed by atoms with Crippen LogP contribution in [0.25, 0.3) is 0 Å². The smallest absolute Gasteiger partial charge is 0.328 e. The average Bonchev–Trinajstić information content (AvgIpc) is 3.15. The zero-order valence-electron chi connectivity index (χ0n) is 17.3. The van der Waals surface area contributed by atoms with Gasteiger partial charge in [0.2, 0.25) is 0 Å². The molecule has 3 amide bonds. The van der Waals surface area contributed by atoms with Crippen molar-refractivity contribution in [3.8, 4) is 0 Å². The fraction of sp³-hybridized carbons (Fsp3) is 0.391. The van der Waals surface area contributed by atoms with Crippen molar-refractivity contribution in [3.63, 3.8) is 0 Å². The molecule has 4 unspecified atom stereocenters. The predicted molar refractivity (Wildman–Crippen MR) is 114 cm³/mol. The molecule has 156 valence electrons. The molecule has 2 aromatic rings. The Kier molecular flexibility index (Phi) is 4.72. The molecule has 4 atom stereocenters. The maximum atomic E-state index is 13.6. The lowest BCUT2D eigenvalue weighted by Gasteiger charge is -2.46. The lowest BCUT2D eigenvalue weighted by Crippen LogP contribution is -2.66. The molecular formula is C23H27N5O2. The second-order valence-electron chi connectivity index (χ2n) is 8.52. The quantitative estimate of drug-likeness (QED) is 0.848. The van der Waals surface area contributed by atoms with E-state index in [0.29, 0.717) is 12.5 Å². The van der Waals surface area contributed by atoms with E-state index in [2.05, 4.69) is 34.2 Å². The number of carbonyl (C=O) groups is 2. The van der Waals surface area contributed by atoms with E-state index >= 15 is 0 Å². The number of rotatable bonds is 3. The Morgan fingerprint density at radius 2 is 1.63 bits per heavy atom. The zero-order valence-corrected chi connectivity index (χ0v) is 17.3. The van der Waals surface area contributed by atoms with Crippen LogP contribution in [0.5, 0.6) is 0 Å². The average molecular weight is 406 g/mol. The molecule has 0 radical (unpaired) electrons. The minimum atomic E-state index is -0.393. The molecule has 0 bridgehead atoms. The molecule has 3 aliphatic heterocycles. The summed E-state index contributed by atoms with van der Waals surface area (Å²) in [5, 5.41) is 3.57. The van der Waals surface area contributed by atoms with E-state index in [9.17, 15) is 9.59 Å². The first-order valence-corrected chi connectivity index (χ1v) is 10.5. The molecule has 0 saturated carbocycles. The number of likely N-dealkylation sites (N-methyl/N-ethyl adjacent to an activating group) is 1. The van der Waals surface area contributed by atoms with Gasteiger partial charge in [-0.25, -0.2) is 4.79 Å². The fourth-order valence-electron chi connectivity index (χ4n) is 4.95. The van der Waals surface area contributed by atoms with Gasteiger partial charge in [0.1, 0.15) is 18.5 Å². The number of hydrogen-bond acceptors (Lipinski definition) is 5. The number of anilines is 1. The summed E-state index contributed by atoms with van der Waals surface area (Å²) in [4.78, 5) is 34.2. The SMILES string of the molecule is CC1CN(c2ccccc2)C2NC3C(C(=O)N(Cc4ccccc4)C(=O)N3C)N2C1. The number of imide groups is 1. The highest BCUT2D eigenvalue weighted by atomic mass is 16.2. The molecule has 7 heteroatoms. The van der Waals surface area contributed by atoms with Crippen LogP contribution in [0.1, 0.15) is 12.5 Å². The van der Waals surface area contributed by atoms with Gasteiger partial charge in [0.15, 0.2) is 0 Å². The first-order valence-electron chi connectivity index (χ1n) is 10.5. The largest absolute Gasteiger partial charge is 0.343 e. The highest BCUT2D eigenvalue weighted by Crippen LogP contribution is 2.34. The second-order valence-corrected chi connectivity index (χ2v) is 8.52. The first kappa shape index (κ1) is 19.1. The van der Waals surface area contributed by atoms with E-state index in [0.717, 1.165) is 24.3 Å². The standard InChI is InChI=1S/C23H27N5O2/c1-16-13-26(18-11-7-4-8-12-18)22-24-20-19(27(22)14-16)21(29)28(23(30)25(20)2)15-17-9-5-3-6-10-17/h3-12,16,19-20,22,24H,13-15H2,1-2H3. The van der Waals surface area contributed by atoms with E-state index < -0.39 is 6.04 Å². The highest BCUT2D eigenvalue weighted by Gasteiger charge is 2.56. The molecular weight excluding hydrogens is 378 g/mol. The van der Waals surface area contributed by atoms with Crippen LogP contribution in [-0.2, 0) is 11.3 Å². The summed E-state index contributed by atoms with van der Waals surface area (Å²) in [7, 11) is 1.78. The Labute approximate surface area is 176 Å². The van der Waals surface area contributed by atoms with Gasteiger partial charge in [-0.1, -0.05) is 55.5 Å². The number of hydrogen-bond donors (Lipinski definition) is 1. The molecule has 3 heterocycles. The molecule has 3 fully saturated rings. The van der Waals surface area contributed by atoms with Crippen LogP contribution >= 0.6 is 0 Å². The summed E-state index contributed by atoms with van der Waals surface area (Å²) in [6.07, 6.45) is -0.451. The molecule has 0 aromatic heterocycles. The molecule has 0 aliphatic carbocycles. The zero-order chi connectivity index (χ0) is 20.8. The Morgan fingerprint density at radius 3 is 2.33 bits per heavy atom. The Morgan fingerprint density at radius 1 is 0.967 bits per heavy atom. The maximum Gasteiger partial charge on any atom is 0.328 e. The second kappa shape index (κ2) is 7.41. The highest BCUT2D eigenvalue weighted by molar-refractivity contribution is 6.00. The van der Waals surface area contributed by atoms with E-state index in [-0.39, 0.29) is 24.4 Å². The van der Waals surface area contributed by atoms with Gasteiger partial charge in [-0.15, -0.1) is 0 Å². The van der Waals surface area contributed by atoms with Crippen molar-refractivity contribution in [2.24, 2.45) is 5.92 Å². The van der Waals surface area contributed by atoms with Crippen LogP contribution < -0.4 is 10.2 Å². The van der Waals surface area contributed by atoms with Gasteiger partial charge in [-0.2, -0.15) is 0 Å². The van der Waals surface area contributed by atoms with Crippen molar-refractivity contribution >= 4 is 17.6 Å². The number of fused-ring (bicyclic) bond motifs is 3. The molecule has 3 aliphatic rings. The molecule has 2 aromatic carbocycles. The third-order valence-electron chi connectivity index (χ3n) is 6.36. The number of carbonyl (C=O) groups excluding carboxylic acids is 2. The summed E-state index contributed by atoms with van der Waals surface area (Å²) in [5.41, 5.74) is 2.07. The number of benzene rings is 2. The van der Waals surface area contributed by atoms with Gasteiger partial charge in [0.25, 0.3) is 5.91 Å². The van der Waals surface area contributed by atoms with Crippen molar-refractivity contribution in [1.29, 1.82) is 0 Å². The van der Waals surface area contributed by atoms with Crippen molar-refractivity contribution in [3.05, 3.63) is 66.2 Å². The van der Waals surface area contributed by atoms with Gasteiger partial charge < -0.3 is 9.80 Å². The number of nitrogens with one attached hydrogen (secondary N) is 1. The van der Waals surface area contributed by atoms with E-state index in [1.54, 1.807) is 11.9 Å².